The SMILES string of the molecule is N#Cc1ccnc(Nc2cc(C3CC3)cc(-c3ccc4nc([C@H]5CC[C@H](O)CC5)[nH]c4c3)n2)c1. The lowest BCUT2D eigenvalue weighted by atomic mass is 9.87. The molecule has 34 heavy (non-hydrogen) atoms. The normalized spacial score (nSPS) is 20.2. The molecule has 3 aromatic heterocycles. The van der Waals surface area contributed by atoms with E-state index < -0.39 is 0 Å². The third-order valence-electron chi connectivity index (χ3n) is 6.92. The molecule has 2 aliphatic rings. The van der Waals surface area contributed by atoms with Crippen LogP contribution in [-0.4, -0.2) is 31.1 Å². The molecule has 0 atom stereocenters. The third-order valence-corrected chi connectivity index (χ3v) is 6.92. The van der Waals surface area contributed by atoms with E-state index in [1.807, 2.05) is 0 Å². The van der Waals surface area contributed by atoms with Gasteiger partial charge >= 0.3 is 0 Å². The standard InChI is InChI=1S/C27H26N6O/c28-15-16-9-10-29-25(11-16)33-26-14-20(17-1-2-17)13-23(30-26)19-5-8-22-24(12-19)32-27(31-22)18-3-6-21(34)7-4-18/h5,8-14,17-18,21,34H,1-4,6-7H2,(H,31,32)(H,29,30,33)/t18-,21-. The molecule has 7 nitrogen and oxygen atoms in total. The van der Waals surface area contributed by atoms with E-state index in [0.717, 1.165) is 59.6 Å². The molecule has 0 unspecified atom stereocenters. The fourth-order valence-corrected chi connectivity index (χ4v) is 4.85. The van der Waals surface area contributed by atoms with Gasteiger partial charge in [0.05, 0.1) is 34.5 Å². The highest BCUT2D eigenvalue weighted by atomic mass is 16.3. The lowest BCUT2D eigenvalue weighted by Crippen LogP contribution is -2.17. The van der Waals surface area contributed by atoms with Crippen LogP contribution in [0.4, 0.5) is 11.6 Å². The predicted octanol–water partition coefficient (Wildman–Crippen LogP) is 5.53. The minimum Gasteiger partial charge on any atom is -0.393 e. The van der Waals surface area contributed by atoms with Gasteiger partial charge in [-0.25, -0.2) is 15.0 Å². The number of fused-ring (bicyclic) bond motifs is 1. The summed E-state index contributed by atoms with van der Waals surface area (Å²) in [5.74, 6) is 3.31. The lowest BCUT2D eigenvalue weighted by Gasteiger charge is -2.23. The largest absolute Gasteiger partial charge is 0.393 e. The maximum atomic E-state index is 9.82. The molecular formula is C27H26N6O. The maximum absolute atomic E-state index is 9.82. The summed E-state index contributed by atoms with van der Waals surface area (Å²) in [6, 6.07) is 16.1. The predicted molar refractivity (Wildman–Crippen MR) is 131 cm³/mol. The van der Waals surface area contributed by atoms with Gasteiger partial charge in [-0.1, -0.05) is 6.07 Å². The van der Waals surface area contributed by atoms with Crippen molar-refractivity contribution < 1.29 is 5.11 Å². The Balaban J connectivity index is 1.33. The summed E-state index contributed by atoms with van der Waals surface area (Å²) < 4.78 is 0. The van der Waals surface area contributed by atoms with Crippen molar-refractivity contribution in [3.05, 3.63) is 65.6 Å². The molecule has 3 N–H and O–H groups in total. The summed E-state index contributed by atoms with van der Waals surface area (Å²) in [6.07, 6.45) is 7.47. The van der Waals surface area contributed by atoms with Crippen molar-refractivity contribution in [2.75, 3.05) is 5.32 Å². The van der Waals surface area contributed by atoms with E-state index in [4.69, 9.17) is 9.97 Å². The Morgan fingerprint density at radius 3 is 2.53 bits per heavy atom. The quantitative estimate of drug-likeness (QED) is 0.369. The van der Waals surface area contributed by atoms with Crippen molar-refractivity contribution >= 4 is 22.7 Å². The van der Waals surface area contributed by atoms with E-state index >= 15 is 0 Å². The molecule has 0 bridgehead atoms. The first-order valence-electron chi connectivity index (χ1n) is 12.0. The highest BCUT2D eigenvalue weighted by Gasteiger charge is 2.26. The van der Waals surface area contributed by atoms with Gasteiger partial charge in [0.1, 0.15) is 17.5 Å². The summed E-state index contributed by atoms with van der Waals surface area (Å²) in [6.45, 7) is 0. The molecule has 0 saturated heterocycles. The number of hydrogen-bond acceptors (Lipinski definition) is 6. The number of aliphatic hydroxyl groups is 1. The molecule has 2 aliphatic carbocycles. The van der Waals surface area contributed by atoms with Gasteiger partial charge in [-0.15, -0.1) is 0 Å². The average Bonchev–Trinajstić information content (AvgIpc) is 3.63. The van der Waals surface area contributed by atoms with E-state index in [9.17, 15) is 10.4 Å². The second-order valence-corrected chi connectivity index (χ2v) is 9.47. The fraction of sp³-hybridized carbons (Fsp3) is 0.333. The van der Waals surface area contributed by atoms with Crippen LogP contribution in [0.25, 0.3) is 22.3 Å². The maximum Gasteiger partial charge on any atom is 0.132 e. The molecule has 6 rings (SSSR count). The Kier molecular flexibility index (Phi) is 5.23. The smallest absolute Gasteiger partial charge is 0.132 e. The number of anilines is 2. The number of nitriles is 1. The Morgan fingerprint density at radius 1 is 0.912 bits per heavy atom. The van der Waals surface area contributed by atoms with E-state index in [1.165, 1.54) is 18.4 Å². The van der Waals surface area contributed by atoms with Crippen molar-refractivity contribution in [1.29, 1.82) is 5.26 Å². The molecule has 0 spiro atoms. The van der Waals surface area contributed by atoms with E-state index in [2.05, 4.69) is 51.7 Å². The molecule has 170 valence electrons. The molecule has 2 fully saturated rings. The number of pyridine rings is 2. The third kappa shape index (κ3) is 4.25. The van der Waals surface area contributed by atoms with Crippen molar-refractivity contribution in [2.45, 2.75) is 56.5 Å². The van der Waals surface area contributed by atoms with Crippen LogP contribution in [0, 0.1) is 11.3 Å². The summed E-state index contributed by atoms with van der Waals surface area (Å²) >= 11 is 0. The van der Waals surface area contributed by atoms with Crippen LogP contribution in [0.2, 0.25) is 0 Å². The fourth-order valence-electron chi connectivity index (χ4n) is 4.85. The first kappa shape index (κ1) is 20.8. The van der Waals surface area contributed by atoms with Crippen LogP contribution in [-0.2, 0) is 0 Å². The van der Waals surface area contributed by atoms with E-state index in [0.29, 0.717) is 23.2 Å². The van der Waals surface area contributed by atoms with Crippen molar-refractivity contribution in [3.8, 4) is 17.3 Å². The van der Waals surface area contributed by atoms with Gasteiger partial charge in [-0.2, -0.15) is 5.26 Å². The summed E-state index contributed by atoms with van der Waals surface area (Å²) in [7, 11) is 0. The Morgan fingerprint density at radius 2 is 1.74 bits per heavy atom. The van der Waals surface area contributed by atoms with Crippen molar-refractivity contribution in [3.63, 3.8) is 0 Å². The van der Waals surface area contributed by atoms with Crippen molar-refractivity contribution in [1.82, 2.24) is 19.9 Å². The topological polar surface area (TPSA) is 111 Å². The number of aliphatic hydroxyl groups excluding tert-OH is 1. The number of imidazole rings is 1. The van der Waals surface area contributed by atoms with E-state index in [1.54, 1.807) is 18.3 Å². The molecule has 3 heterocycles. The molecular weight excluding hydrogens is 424 g/mol. The monoisotopic (exact) mass is 450 g/mol. The number of aromatic nitrogens is 4. The first-order valence-corrected chi connectivity index (χ1v) is 12.0. The number of nitrogens with one attached hydrogen (secondary N) is 2. The van der Waals surface area contributed by atoms with Gasteiger partial charge in [0.2, 0.25) is 0 Å². The average molecular weight is 451 g/mol. The molecule has 0 amide bonds. The van der Waals surface area contributed by atoms with Crippen LogP contribution in [0.15, 0.2) is 48.7 Å². The molecule has 4 aromatic rings. The lowest BCUT2D eigenvalue weighted by molar-refractivity contribution is 0.121. The van der Waals surface area contributed by atoms with Gasteiger partial charge in [0, 0.05) is 17.7 Å². The number of aromatic amines is 1. The van der Waals surface area contributed by atoms with Crippen LogP contribution >= 0.6 is 0 Å². The molecule has 0 radical (unpaired) electrons. The van der Waals surface area contributed by atoms with Crippen LogP contribution in [0.5, 0.6) is 0 Å². The number of nitrogens with zero attached hydrogens (tertiary/aromatic N) is 4. The van der Waals surface area contributed by atoms with Crippen LogP contribution < -0.4 is 5.32 Å². The van der Waals surface area contributed by atoms with E-state index in [-0.39, 0.29) is 6.10 Å². The second kappa shape index (κ2) is 8.54. The Labute approximate surface area is 197 Å². The Hall–Kier alpha value is -3.76. The summed E-state index contributed by atoms with van der Waals surface area (Å²) in [4.78, 5) is 17.6. The summed E-state index contributed by atoms with van der Waals surface area (Å²) in [5.41, 5.74) is 5.74. The number of H-pyrrole nitrogens is 1. The van der Waals surface area contributed by atoms with Crippen molar-refractivity contribution in [2.24, 2.45) is 0 Å². The molecule has 1 aromatic carbocycles. The van der Waals surface area contributed by atoms with Gasteiger partial charge in [-0.05, 0) is 86.4 Å². The first-order chi connectivity index (χ1) is 16.6. The highest BCUT2D eigenvalue weighted by Crippen LogP contribution is 2.42. The van der Waals surface area contributed by atoms with Gasteiger partial charge in [-0.3, -0.25) is 0 Å². The minimum absolute atomic E-state index is 0.169. The number of rotatable bonds is 5. The number of hydrogen-bond donors (Lipinski definition) is 3. The van der Waals surface area contributed by atoms with Crippen LogP contribution in [0.1, 0.15) is 67.3 Å². The number of benzene rings is 1. The zero-order valence-electron chi connectivity index (χ0n) is 18.8. The zero-order valence-corrected chi connectivity index (χ0v) is 18.8. The molecule has 7 heteroatoms. The van der Waals surface area contributed by atoms with Crippen LogP contribution in [0.3, 0.4) is 0 Å². The second-order valence-electron chi connectivity index (χ2n) is 9.47. The minimum atomic E-state index is -0.169. The molecule has 0 aliphatic heterocycles. The van der Waals surface area contributed by atoms with Gasteiger partial charge in [0.15, 0.2) is 0 Å². The summed E-state index contributed by atoms with van der Waals surface area (Å²) in [5, 5.41) is 22.3. The molecule has 2 saturated carbocycles. The Bertz CT molecular complexity index is 1390. The highest BCUT2D eigenvalue weighted by molar-refractivity contribution is 5.81. The zero-order chi connectivity index (χ0) is 23.1. The van der Waals surface area contributed by atoms with Gasteiger partial charge in [0.25, 0.3) is 0 Å². The van der Waals surface area contributed by atoms with Gasteiger partial charge < -0.3 is 15.4 Å².